The number of likely N-dealkylation sites (N-methyl/N-ethyl adjacent to an activating group) is 1. The molecule has 2 N–H and O–H groups in total. The molecule has 6 heteroatoms. The molecule has 1 rings (SSSR count). The number of amides is 1. The molecular weight excluding hydrogens is 261 g/mol. The summed E-state index contributed by atoms with van der Waals surface area (Å²) in [5, 5.41) is 5.54. The minimum absolute atomic E-state index is 0.159. The van der Waals surface area contributed by atoms with E-state index >= 15 is 0 Å². The molecule has 0 atom stereocenters. The smallest absolute Gasteiger partial charge is 0.238 e. The number of para-hydroxylation sites is 1. The normalized spacial score (nSPS) is 10.8. The first-order valence-electron chi connectivity index (χ1n) is 6.56. The number of rotatable bonds is 9. The van der Waals surface area contributed by atoms with Crippen LogP contribution < -0.4 is 10.6 Å². The van der Waals surface area contributed by atoms with E-state index in [0.29, 0.717) is 13.2 Å². The molecule has 0 aromatic heterocycles. The van der Waals surface area contributed by atoms with Crippen molar-refractivity contribution in [2.24, 2.45) is 0 Å². The van der Waals surface area contributed by atoms with Gasteiger partial charge >= 0.3 is 0 Å². The molecule has 0 aliphatic rings. The van der Waals surface area contributed by atoms with E-state index in [1.54, 1.807) is 19.2 Å². The summed E-state index contributed by atoms with van der Waals surface area (Å²) in [6.07, 6.45) is 0. The SMILES string of the molecule is COCCN(C)CCNCC(=O)Nc1ccccc1F. The van der Waals surface area contributed by atoms with Crippen LogP contribution in [0.5, 0.6) is 0 Å². The third-order valence-corrected chi connectivity index (χ3v) is 2.78. The maximum absolute atomic E-state index is 13.3. The summed E-state index contributed by atoms with van der Waals surface area (Å²) in [7, 11) is 3.65. The van der Waals surface area contributed by atoms with Gasteiger partial charge in [0.1, 0.15) is 5.82 Å². The lowest BCUT2D eigenvalue weighted by atomic mass is 10.3. The van der Waals surface area contributed by atoms with Gasteiger partial charge in [0.25, 0.3) is 0 Å². The molecule has 0 bridgehead atoms. The van der Waals surface area contributed by atoms with Gasteiger partial charge in [-0.2, -0.15) is 0 Å². The lowest BCUT2D eigenvalue weighted by Gasteiger charge is -2.16. The highest BCUT2D eigenvalue weighted by atomic mass is 19.1. The number of carbonyl (C=O) groups excluding carboxylic acids is 1. The van der Waals surface area contributed by atoms with Crippen molar-refractivity contribution in [2.75, 3.05) is 52.3 Å². The summed E-state index contributed by atoms with van der Waals surface area (Å²) in [6, 6.07) is 6.11. The molecule has 1 amide bonds. The van der Waals surface area contributed by atoms with Crippen LogP contribution in [0.25, 0.3) is 0 Å². The Morgan fingerprint density at radius 1 is 1.35 bits per heavy atom. The van der Waals surface area contributed by atoms with Crippen molar-refractivity contribution < 1.29 is 13.9 Å². The van der Waals surface area contributed by atoms with Gasteiger partial charge in [0.05, 0.1) is 18.8 Å². The highest BCUT2D eigenvalue weighted by Gasteiger charge is 2.05. The number of methoxy groups -OCH3 is 1. The van der Waals surface area contributed by atoms with Crippen LogP contribution >= 0.6 is 0 Å². The van der Waals surface area contributed by atoms with E-state index in [9.17, 15) is 9.18 Å². The second-order valence-corrected chi connectivity index (χ2v) is 4.50. The zero-order valence-electron chi connectivity index (χ0n) is 12.0. The number of nitrogens with one attached hydrogen (secondary N) is 2. The standard InChI is InChI=1S/C14H22FN3O2/c1-18(9-10-20-2)8-7-16-11-14(19)17-13-6-4-3-5-12(13)15/h3-6,16H,7-11H2,1-2H3,(H,17,19). The predicted octanol–water partition coefficient (Wildman–Crippen LogP) is 0.932. The van der Waals surface area contributed by atoms with E-state index in [-0.39, 0.29) is 18.1 Å². The Labute approximate surface area is 119 Å². The Kier molecular flexibility index (Phi) is 7.79. The van der Waals surface area contributed by atoms with Gasteiger partial charge < -0.3 is 20.3 Å². The number of nitrogens with zero attached hydrogens (tertiary/aromatic N) is 1. The minimum Gasteiger partial charge on any atom is -0.383 e. The number of benzene rings is 1. The first-order valence-corrected chi connectivity index (χ1v) is 6.56. The number of carbonyl (C=O) groups is 1. The van der Waals surface area contributed by atoms with Crippen LogP contribution in [-0.2, 0) is 9.53 Å². The highest BCUT2D eigenvalue weighted by Crippen LogP contribution is 2.11. The van der Waals surface area contributed by atoms with E-state index in [0.717, 1.165) is 13.1 Å². The zero-order valence-corrected chi connectivity index (χ0v) is 12.0. The lowest BCUT2D eigenvalue weighted by molar-refractivity contribution is -0.115. The van der Waals surface area contributed by atoms with Crippen molar-refractivity contribution in [2.45, 2.75) is 0 Å². The molecule has 1 aromatic rings. The largest absolute Gasteiger partial charge is 0.383 e. The van der Waals surface area contributed by atoms with Crippen LogP contribution in [0.15, 0.2) is 24.3 Å². The Bertz CT molecular complexity index is 415. The molecule has 5 nitrogen and oxygen atoms in total. The van der Waals surface area contributed by atoms with Crippen molar-refractivity contribution >= 4 is 11.6 Å². The monoisotopic (exact) mass is 283 g/mol. The number of anilines is 1. The molecule has 20 heavy (non-hydrogen) atoms. The fourth-order valence-corrected chi connectivity index (χ4v) is 1.59. The Morgan fingerprint density at radius 3 is 2.80 bits per heavy atom. The quantitative estimate of drug-likeness (QED) is 0.662. The van der Waals surface area contributed by atoms with Gasteiger partial charge in [-0.1, -0.05) is 12.1 Å². The van der Waals surface area contributed by atoms with Crippen LogP contribution in [0.2, 0.25) is 0 Å². The van der Waals surface area contributed by atoms with Gasteiger partial charge in [-0.25, -0.2) is 4.39 Å². The maximum Gasteiger partial charge on any atom is 0.238 e. The molecule has 0 saturated carbocycles. The predicted molar refractivity (Wildman–Crippen MR) is 77.3 cm³/mol. The van der Waals surface area contributed by atoms with Crippen molar-refractivity contribution in [1.29, 1.82) is 0 Å². The zero-order chi connectivity index (χ0) is 14.8. The Balaban J connectivity index is 2.16. The van der Waals surface area contributed by atoms with E-state index in [1.165, 1.54) is 12.1 Å². The summed E-state index contributed by atoms with van der Waals surface area (Å²) in [5.74, 6) is -0.685. The second kappa shape index (κ2) is 9.41. The van der Waals surface area contributed by atoms with Crippen LogP contribution in [0.3, 0.4) is 0 Å². The summed E-state index contributed by atoms with van der Waals surface area (Å²) >= 11 is 0. The first kappa shape index (κ1) is 16.6. The number of hydrogen-bond donors (Lipinski definition) is 2. The Morgan fingerprint density at radius 2 is 2.10 bits per heavy atom. The van der Waals surface area contributed by atoms with Crippen LogP contribution in [0, 0.1) is 5.82 Å². The molecule has 0 unspecified atom stereocenters. The number of ether oxygens (including phenoxy) is 1. The molecule has 0 heterocycles. The van der Waals surface area contributed by atoms with Crippen molar-refractivity contribution in [1.82, 2.24) is 10.2 Å². The van der Waals surface area contributed by atoms with Crippen molar-refractivity contribution in [3.63, 3.8) is 0 Å². The lowest BCUT2D eigenvalue weighted by Crippen LogP contribution is -2.35. The van der Waals surface area contributed by atoms with E-state index < -0.39 is 5.82 Å². The average Bonchev–Trinajstić information content (AvgIpc) is 2.44. The molecule has 0 saturated heterocycles. The molecule has 0 spiro atoms. The third kappa shape index (κ3) is 6.60. The minimum atomic E-state index is -0.430. The molecule has 0 radical (unpaired) electrons. The topological polar surface area (TPSA) is 53.6 Å². The van der Waals surface area contributed by atoms with E-state index in [2.05, 4.69) is 15.5 Å². The average molecular weight is 283 g/mol. The van der Waals surface area contributed by atoms with E-state index in [1.807, 2.05) is 7.05 Å². The maximum atomic E-state index is 13.3. The fraction of sp³-hybridized carbons (Fsp3) is 0.500. The van der Waals surface area contributed by atoms with Gasteiger partial charge in [0.15, 0.2) is 0 Å². The van der Waals surface area contributed by atoms with Gasteiger partial charge in [-0.3, -0.25) is 4.79 Å². The Hall–Kier alpha value is -1.50. The fourth-order valence-electron chi connectivity index (χ4n) is 1.59. The van der Waals surface area contributed by atoms with Crippen molar-refractivity contribution in [3.8, 4) is 0 Å². The first-order chi connectivity index (χ1) is 9.63. The summed E-state index contributed by atoms with van der Waals surface area (Å²) in [4.78, 5) is 13.7. The number of hydrogen-bond acceptors (Lipinski definition) is 4. The molecule has 0 aliphatic heterocycles. The summed E-state index contributed by atoms with van der Waals surface area (Å²) in [6.45, 7) is 3.19. The molecule has 1 aromatic carbocycles. The van der Waals surface area contributed by atoms with Crippen molar-refractivity contribution in [3.05, 3.63) is 30.1 Å². The second-order valence-electron chi connectivity index (χ2n) is 4.50. The summed E-state index contributed by atoms with van der Waals surface area (Å²) in [5.41, 5.74) is 0.205. The van der Waals surface area contributed by atoms with Gasteiger partial charge in [0.2, 0.25) is 5.91 Å². The van der Waals surface area contributed by atoms with Gasteiger partial charge in [-0.15, -0.1) is 0 Å². The van der Waals surface area contributed by atoms with Crippen LogP contribution in [-0.4, -0.2) is 57.8 Å². The molecule has 0 fully saturated rings. The molecule has 112 valence electrons. The van der Waals surface area contributed by atoms with E-state index in [4.69, 9.17) is 4.74 Å². The van der Waals surface area contributed by atoms with Crippen LogP contribution in [0.1, 0.15) is 0 Å². The molecule has 0 aliphatic carbocycles. The molecular formula is C14H22FN3O2. The summed E-state index contributed by atoms with van der Waals surface area (Å²) < 4.78 is 18.3. The highest BCUT2D eigenvalue weighted by molar-refractivity contribution is 5.92. The number of halogens is 1. The van der Waals surface area contributed by atoms with Gasteiger partial charge in [0, 0.05) is 26.7 Å². The third-order valence-electron chi connectivity index (χ3n) is 2.78. The van der Waals surface area contributed by atoms with Gasteiger partial charge in [-0.05, 0) is 19.2 Å². The van der Waals surface area contributed by atoms with Crippen LogP contribution in [0.4, 0.5) is 10.1 Å².